The predicted octanol–water partition coefficient (Wildman–Crippen LogP) is 0.980. The highest BCUT2D eigenvalue weighted by molar-refractivity contribution is 5.74. The molecule has 78 valence electrons. The number of nitrogens with two attached hydrogens (primary N) is 1. The van der Waals surface area contributed by atoms with Crippen molar-refractivity contribution in [3.05, 3.63) is 12.4 Å². The highest BCUT2D eigenvalue weighted by Gasteiger charge is 2.20. The largest absolute Gasteiger partial charge is 0.464 e. The van der Waals surface area contributed by atoms with Gasteiger partial charge < -0.3 is 15.0 Å². The lowest BCUT2D eigenvalue weighted by Crippen LogP contribution is -2.22. The molecule has 1 unspecified atom stereocenters. The second kappa shape index (κ2) is 4.64. The summed E-state index contributed by atoms with van der Waals surface area (Å²) in [7, 11) is 0. The fourth-order valence-electron chi connectivity index (χ4n) is 1.30. The van der Waals surface area contributed by atoms with Crippen LogP contribution in [0.3, 0.4) is 0 Å². The van der Waals surface area contributed by atoms with Gasteiger partial charge in [-0.3, -0.25) is 0 Å². The van der Waals surface area contributed by atoms with Crippen LogP contribution >= 0.6 is 0 Å². The van der Waals surface area contributed by atoms with E-state index in [4.69, 9.17) is 10.5 Å². The SMILES string of the molecule is CCOC(=O)C(CC)n1ccnc1N. The van der Waals surface area contributed by atoms with Crippen molar-refractivity contribution < 1.29 is 9.53 Å². The van der Waals surface area contributed by atoms with Crippen LogP contribution in [0.25, 0.3) is 0 Å². The van der Waals surface area contributed by atoms with E-state index in [2.05, 4.69) is 4.98 Å². The van der Waals surface area contributed by atoms with Crippen molar-refractivity contribution in [3.63, 3.8) is 0 Å². The van der Waals surface area contributed by atoms with E-state index in [9.17, 15) is 4.79 Å². The number of carbonyl (C=O) groups is 1. The Bertz CT molecular complexity index is 309. The maximum atomic E-state index is 11.5. The number of hydrogen-bond donors (Lipinski definition) is 1. The third kappa shape index (κ3) is 2.04. The molecule has 0 radical (unpaired) electrons. The molecule has 0 bridgehead atoms. The third-order valence-corrected chi connectivity index (χ3v) is 1.98. The van der Waals surface area contributed by atoms with Crippen LogP contribution in [0.15, 0.2) is 12.4 Å². The minimum absolute atomic E-state index is 0.264. The zero-order chi connectivity index (χ0) is 10.6. The van der Waals surface area contributed by atoms with Gasteiger partial charge in [-0.2, -0.15) is 0 Å². The summed E-state index contributed by atoms with van der Waals surface area (Å²) in [4.78, 5) is 15.4. The molecule has 0 aromatic carbocycles. The molecule has 1 heterocycles. The first kappa shape index (κ1) is 10.6. The molecule has 1 aromatic heterocycles. The number of aromatic nitrogens is 2. The fraction of sp³-hybridized carbons (Fsp3) is 0.556. The van der Waals surface area contributed by atoms with E-state index in [-0.39, 0.29) is 12.0 Å². The quantitative estimate of drug-likeness (QED) is 0.730. The number of imidazole rings is 1. The zero-order valence-electron chi connectivity index (χ0n) is 8.43. The molecule has 0 saturated heterocycles. The van der Waals surface area contributed by atoms with Crippen molar-refractivity contribution in [2.45, 2.75) is 26.3 Å². The van der Waals surface area contributed by atoms with Crippen LogP contribution in [0.4, 0.5) is 5.95 Å². The number of nitrogens with zero attached hydrogens (tertiary/aromatic N) is 2. The average molecular weight is 197 g/mol. The summed E-state index contributed by atoms with van der Waals surface area (Å²) < 4.78 is 6.55. The molecular weight excluding hydrogens is 182 g/mol. The normalized spacial score (nSPS) is 12.4. The van der Waals surface area contributed by atoms with Gasteiger partial charge in [-0.25, -0.2) is 9.78 Å². The van der Waals surface area contributed by atoms with Gasteiger partial charge in [0, 0.05) is 12.4 Å². The van der Waals surface area contributed by atoms with Crippen LogP contribution in [0.2, 0.25) is 0 Å². The van der Waals surface area contributed by atoms with Gasteiger partial charge in [0.25, 0.3) is 0 Å². The number of ether oxygens (including phenoxy) is 1. The molecule has 0 aliphatic heterocycles. The standard InChI is InChI=1S/C9H15N3O2/c1-3-7(8(13)14-4-2)12-6-5-11-9(12)10/h5-7H,3-4H2,1-2H3,(H2,10,11). The summed E-state index contributed by atoms with van der Waals surface area (Å²) in [6.45, 7) is 4.06. The second-order valence-electron chi connectivity index (χ2n) is 2.87. The van der Waals surface area contributed by atoms with E-state index in [1.165, 1.54) is 0 Å². The molecule has 2 N–H and O–H groups in total. The summed E-state index contributed by atoms with van der Waals surface area (Å²) in [5, 5.41) is 0. The molecule has 0 spiro atoms. The molecule has 0 aliphatic rings. The molecule has 0 fully saturated rings. The zero-order valence-corrected chi connectivity index (χ0v) is 8.43. The first-order valence-electron chi connectivity index (χ1n) is 4.65. The number of esters is 1. The van der Waals surface area contributed by atoms with Crippen LogP contribution in [0.5, 0.6) is 0 Å². The van der Waals surface area contributed by atoms with Crippen LogP contribution in [-0.4, -0.2) is 22.1 Å². The Kier molecular flexibility index (Phi) is 3.50. The molecule has 0 aliphatic carbocycles. The van der Waals surface area contributed by atoms with Crippen molar-refractivity contribution in [1.29, 1.82) is 0 Å². The first-order valence-corrected chi connectivity index (χ1v) is 4.65. The molecular formula is C9H15N3O2. The Labute approximate surface area is 82.9 Å². The summed E-state index contributed by atoms with van der Waals surface area (Å²) >= 11 is 0. The Morgan fingerprint density at radius 2 is 2.43 bits per heavy atom. The summed E-state index contributed by atoms with van der Waals surface area (Å²) in [5.74, 6) is 0.0737. The van der Waals surface area contributed by atoms with Crippen molar-refractivity contribution in [2.24, 2.45) is 0 Å². The van der Waals surface area contributed by atoms with Crippen LogP contribution < -0.4 is 5.73 Å². The number of nitrogen functional groups attached to an aromatic ring is 1. The van der Waals surface area contributed by atoms with Gasteiger partial charge in [-0.05, 0) is 13.3 Å². The van der Waals surface area contributed by atoms with Crippen molar-refractivity contribution in [2.75, 3.05) is 12.3 Å². The Hall–Kier alpha value is -1.52. The molecule has 1 atom stereocenters. The number of rotatable bonds is 4. The van der Waals surface area contributed by atoms with Gasteiger partial charge in [0.1, 0.15) is 6.04 Å². The lowest BCUT2D eigenvalue weighted by atomic mass is 10.2. The average Bonchev–Trinajstić information content (AvgIpc) is 2.54. The molecule has 14 heavy (non-hydrogen) atoms. The van der Waals surface area contributed by atoms with Crippen molar-refractivity contribution >= 4 is 11.9 Å². The molecule has 5 heteroatoms. The summed E-state index contributed by atoms with van der Waals surface area (Å²) in [6.07, 6.45) is 3.89. The lowest BCUT2D eigenvalue weighted by Gasteiger charge is -2.15. The molecule has 1 rings (SSSR count). The minimum atomic E-state index is -0.363. The smallest absolute Gasteiger partial charge is 0.329 e. The summed E-state index contributed by atoms with van der Waals surface area (Å²) in [6, 6.07) is -0.363. The van der Waals surface area contributed by atoms with Gasteiger partial charge in [0.05, 0.1) is 6.61 Å². The first-order chi connectivity index (χ1) is 6.70. The molecule has 5 nitrogen and oxygen atoms in total. The van der Waals surface area contributed by atoms with Crippen LogP contribution in [0.1, 0.15) is 26.3 Å². The van der Waals surface area contributed by atoms with Crippen molar-refractivity contribution in [1.82, 2.24) is 9.55 Å². The van der Waals surface area contributed by atoms with Gasteiger partial charge in [0.2, 0.25) is 5.95 Å². The number of anilines is 1. The van der Waals surface area contributed by atoms with E-state index >= 15 is 0 Å². The molecule has 0 amide bonds. The lowest BCUT2D eigenvalue weighted by molar-refractivity contribution is -0.147. The van der Waals surface area contributed by atoms with Gasteiger partial charge in [-0.15, -0.1) is 0 Å². The van der Waals surface area contributed by atoms with Gasteiger partial charge in [0.15, 0.2) is 0 Å². The minimum Gasteiger partial charge on any atom is -0.464 e. The van der Waals surface area contributed by atoms with E-state index in [0.717, 1.165) is 0 Å². The van der Waals surface area contributed by atoms with Crippen LogP contribution in [0, 0.1) is 0 Å². The Morgan fingerprint density at radius 3 is 2.86 bits per heavy atom. The van der Waals surface area contributed by atoms with E-state index in [1.54, 1.807) is 23.9 Å². The maximum absolute atomic E-state index is 11.5. The number of hydrogen-bond acceptors (Lipinski definition) is 4. The highest BCUT2D eigenvalue weighted by Crippen LogP contribution is 2.16. The van der Waals surface area contributed by atoms with Gasteiger partial charge in [-0.1, -0.05) is 6.92 Å². The van der Waals surface area contributed by atoms with Gasteiger partial charge >= 0.3 is 5.97 Å². The van der Waals surface area contributed by atoms with Crippen molar-refractivity contribution in [3.8, 4) is 0 Å². The topological polar surface area (TPSA) is 70.1 Å². The van der Waals surface area contributed by atoms with Crippen LogP contribution in [-0.2, 0) is 9.53 Å². The maximum Gasteiger partial charge on any atom is 0.329 e. The highest BCUT2D eigenvalue weighted by atomic mass is 16.5. The fourth-order valence-corrected chi connectivity index (χ4v) is 1.30. The second-order valence-corrected chi connectivity index (χ2v) is 2.87. The predicted molar refractivity (Wildman–Crippen MR) is 52.6 cm³/mol. The van der Waals surface area contributed by atoms with E-state index in [1.807, 2.05) is 6.92 Å². The van der Waals surface area contributed by atoms with E-state index in [0.29, 0.717) is 19.0 Å². The third-order valence-electron chi connectivity index (χ3n) is 1.98. The molecule has 1 aromatic rings. The van der Waals surface area contributed by atoms with E-state index < -0.39 is 0 Å². The number of carbonyl (C=O) groups excluding carboxylic acids is 1. The molecule has 0 saturated carbocycles. The summed E-state index contributed by atoms with van der Waals surface area (Å²) in [5.41, 5.74) is 5.60. The Balaban J connectivity index is 2.82. The monoisotopic (exact) mass is 197 g/mol. The Morgan fingerprint density at radius 1 is 1.71 bits per heavy atom.